The molecule has 0 aromatic heterocycles. The summed E-state index contributed by atoms with van der Waals surface area (Å²) in [5.41, 5.74) is 0. The van der Waals surface area contributed by atoms with Gasteiger partial charge in [-0.05, 0) is 56.5 Å². The molecular formula is C19H32N2O. The number of carbonyl (C=O) groups is 1. The molecule has 1 amide bonds. The summed E-state index contributed by atoms with van der Waals surface area (Å²) in [5.74, 6) is 4.46. The van der Waals surface area contributed by atoms with Crippen LogP contribution in [0.3, 0.4) is 0 Å². The Hall–Kier alpha value is -0.570. The van der Waals surface area contributed by atoms with E-state index in [4.69, 9.17) is 0 Å². The van der Waals surface area contributed by atoms with Crippen LogP contribution in [-0.2, 0) is 4.79 Å². The maximum absolute atomic E-state index is 12.7. The SMILES string of the molecule is CCCCN(C)C1C(=O)NC2C3CCCC4CCCC(C43)C21. The van der Waals surface area contributed by atoms with Gasteiger partial charge in [0.15, 0.2) is 0 Å². The van der Waals surface area contributed by atoms with Crippen LogP contribution < -0.4 is 5.32 Å². The van der Waals surface area contributed by atoms with Crippen LogP contribution in [0.2, 0.25) is 0 Å². The Bertz CT molecular complexity index is 435. The summed E-state index contributed by atoms with van der Waals surface area (Å²) in [6.07, 6.45) is 10.9. The van der Waals surface area contributed by atoms with E-state index in [2.05, 4.69) is 24.2 Å². The van der Waals surface area contributed by atoms with Crippen molar-refractivity contribution in [3.8, 4) is 0 Å². The lowest BCUT2D eigenvalue weighted by Gasteiger charge is -2.43. The van der Waals surface area contributed by atoms with Crippen molar-refractivity contribution in [1.82, 2.24) is 10.2 Å². The lowest BCUT2D eigenvalue weighted by atomic mass is 9.63. The van der Waals surface area contributed by atoms with Crippen molar-refractivity contribution in [3.63, 3.8) is 0 Å². The maximum atomic E-state index is 12.7. The number of hydrogen-bond donors (Lipinski definition) is 1. The first-order valence-electron chi connectivity index (χ1n) is 9.73. The summed E-state index contributed by atoms with van der Waals surface area (Å²) in [4.78, 5) is 15.1. The topological polar surface area (TPSA) is 32.3 Å². The summed E-state index contributed by atoms with van der Waals surface area (Å²) in [5, 5.41) is 3.45. The predicted octanol–water partition coefficient (Wildman–Crippen LogP) is 3.05. The third-order valence-corrected chi connectivity index (χ3v) is 7.41. The molecule has 1 heterocycles. The van der Waals surface area contributed by atoms with Gasteiger partial charge in [0.05, 0.1) is 6.04 Å². The van der Waals surface area contributed by atoms with E-state index in [1.54, 1.807) is 0 Å². The first-order chi connectivity index (χ1) is 10.7. The predicted molar refractivity (Wildman–Crippen MR) is 88.4 cm³/mol. The molecule has 4 fully saturated rings. The zero-order chi connectivity index (χ0) is 15.3. The quantitative estimate of drug-likeness (QED) is 0.866. The van der Waals surface area contributed by atoms with Crippen LogP contribution >= 0.6 is 0 Å². The molecule has 3 saturated carbocycles. The Labute approximate surface area is 135 Å². The van der Waals surface area contributed by atoms with Gasteiger partial charge in [-0.3, -0.25) is 9.69 Å². The standard InChI is InChI=1S/C19H32N2O/c1-3-4-11-21(2)18-16-13-9-5-7-12-8-6-10-14(15(12)13)17(16)20-19(18)22/h12-18H,3-11H2,1-2H3,(H,20,22). The van der Waals surface area contributed by atoms with Crippen molar-refractivity contribution >= 4 is 5.91 Å². The van der Waals surface area contributed by atoms with Crippen molar-refractivity contribution in [2.75, 3.05) is 13.6 Å². The summed E-state index contributed by atoms with van der Waals surface area (Å²) >= 11 is 0. The van der Waals surface area contributed by atoms with E-state index in [0.29, 0.717) is 17.9 Å². The molecule has 124 valence electrons. The van der Waals surface area contributed by atoms with Crippen molar-refractivity contribution in [3.05, 3.63) is 0 Å². The van der Waals surface area contributed by atoms with Gasteiger partial charge in [0.2, 0.25) is 5.91 Å². The third kappa shape index (κ3) is 2.15. The molecule has 1 N–H and O–H groups in total. The normalized spacial score (nSPS) is 46.5. The summed E-state index contributed by atoms with van der Waals surface area (Å²) in [6, 6.07) is 0.656. The number of amides is 1. The molecule has 0 aromatic rings. The van der Waals surface area contributed by atoms with E-state index in [0.717, 1.165) is 30.2 Å². The van der Waals surface area contributed by atoms with Crippen molar-refractivity contribution in [1.29, 1.82) is 0 Å². The molecule has 3 aliphatic carbocycles. The van der Waals surface area contributed by atoms with E-state index < -0.39 is 0 Å². The minimum absolute atomic E-state index is 0.158. The van der Waals surface area contributed by atoms with Gasteiger partial charge in [-0.1, -0.05) is 39.0 Å². The fourth-order valence-electron chi connectivity index (χ4n) is 6.68. The highest BCUT2D eigenvalue weighted by Crippen LogP contribution is 2.59. The maximum Gasteiger partial charge on any atom is 0.237 e. The first-order valence-corrected chi connectivity index (χ1v) is 9.73. The largest absolute Gasteiger partial charge is 0.351 e. The van der Waals surface area contributed by atoms with E-state index >= 15 is 0 Å². The van der Waals surface area contributed by atoms with Crippen LogP contribution in [0.15, 0.2) is 0 Å². The lowest BCUT2D eigenvalue weighted by molar-refractivity contribution is -0.125. The van der Waals surface area contributed by atoms with Crippen LogP contribution in [0, 0.1) is 29.6 Å². The summed E-state index contributed by atoms with van der Waals surface area (Å²) < 4.78 is 0. The van der Waals surface area contributed by atoms with Crippen LogP contribution in [-0.4, -0.2) is 36.5 Å². The molecule has 0 bridgehead atoms. The molecule has 3 heteroatoms. The summed E-state index contributed by atoms with van der Waals surface area (Å²) in [6.45, 7) is 3.31. The van der Waals surface area contributed by atoms with Gasteiger partial charge < -0.3 is 5.32 Å². The van der Waals surface area contributed by atoms with Crippen LogP contribution in [0.4, 0.5) is 0 Å². The Balaban J connectivity index is 1.60. The zero-order valence-corrected chi connectivity index (χ0v) is 14.3. The van der Waals surface area contributed by atoms with Crippen LogP contribution in [0.1, 0.15) is 58.3 Å². The molecule has 7 unspecified atom stereocenters. The molecule has 1 aliphatic heterocycles. The Morgan fingerprint density at radius 3 is 2.55 bits per heavy atom. The molecule has 0 spiro atoms. The minimum atomic E-state index is 0.158. The van der Waals surface area contributed by atoms with E-state index in [-0.39, 0.29) is 6.04 Å². The molecule has 7 atom stereocenters. The molecular weight excluding hydrogens is 272 g/mol. The molecule has 4 rings (SSSR count). The number of rotatable bonds is 4. The number of likely N-dealkylation sites (N-methyl/N-ethyl adjacent to an activating group) is 1. The van der Waals surface area contributed by atoms with E-state index in [9.17, 15) is 4.79 Å². The van der Waals surface area contributed by atoms with Crippen molar-refractivity contribution in [2.45, 2.75) is 70.4 Å². The number of hydrogen-bond acceptors (Lipinski definition) is 2. The minimum Gasteiger partial charge on any atom is -0.351 e. The third-order valence-electron chi connectivity index (χ3n) is 7.41. The number of fused-ring (bicyclic) bond motifs is 3. The number of nitrogens with one attached hydrogen (secondary N) is 1. The monoisotopic (exact) mass is 304 g/mol. The number of carbonyl (C=O) groups excluding carboxylic acids is 1. The summed E-state index contributed by atoms with van der Waals surface area (Å²) in [7, 11) is 2.19. The van der Waals surface area contributed by atoms with Gasteiger partial charge >= 0.3 is 0 Å². The van der Waals surface area contributed by atoms with Crippen molar-refractivity contribution < 1.29 is 4.79 Å². The fraction of sp³-hybridized carbons (Fsp3) is 0.947. The average Bonchev–Trinajstić information content (AvgIpc) is 3.02. The Morgan fingerprint density at radius 1 is 1.09 bits per heavy atom. The second-order valence-corrected chi connectivity index (χ2v) is 8.42. The smallest absolute Gasteiger partial charge is 0.237 e. The number of nitrogens with zero attached hydrogens (tertiary/aromatic N) is 1. The highest BCUT2D eigenvalue weighted by molar-refractivity contribution is 5.85. The molecule has 0 aromatic carbocycles. The fourth-order valence-corrected chi connectivity index (χ4v) is 6.68. The molecule has 1 saturated heterocycles. The molecule has 4 aliphatic rings. The first kappa shape index (κ1) is 15.0. The second kappa shape index (κ2) is 5.81. The number of unbranched alkanes of at least 4 members (excludes halogenated alkanes) is 1. The second-order valence-electron chi connectivity index (χ2n) is 8.42. The Kier molecular flexibility index (Phi) is 3.96. The lowest BCUT2D eigenvalue weighted by Crippen LogP contribution is -2.46. The van der Waals surface area contributed by atoms with Gasteiger partial charge in [-0.15, -0.1) is 0 Å². The average molecular weight is 304 g/mol. The highest BCUT2D eigenvalue weighted by atomic mass is 16.2. The van der Waals surface area contributed by atoms with Gasteiger partial charge in [0, 0.05) is 12.0 Å². The van der Waals surface area contributed by atoms with Gasteiger partial charge in [-0.2, -0.15) is 0 Å². The highest BCUT2D eigenvalue weighted by Gasteiger charge is 2.61. The van der Waals surface area contributed by atoms with Crippen molar-refractivity contribution in [2.24, 2.45) is 29.6 Å². The molecule has 22 heavy (non-hydrogen) atoms. The van der Waals surface area contributed by atoms with Crippen LogP contribution in [0.25, 0.3) is 0 Å². The van der Waals surface area contributed by atoms with E-state index in [1.165, 1.54) is 51.4 Å². The molecule has 3 nitrogen and oxygen atoms in total. The zero-order valence-electron chi connectivity index (χ0n) is 14.3. The van der Waals surface area contributed by atoms with Gasteiger partial charge in [0.25, 0.3) is 0 Å². The molecule has 0 radical (unpaired) electrons. The van der Waals surface area contributed by atoms with Gasteiger partial charge in [-0.25, -0.2) is 0 Å². The Morgan fingerprint density at radius 2 is 1.82 bits per heavy atom. The van der Waals surface area contributed by atoms with Gasteiger partial charge in [0.1, 0.15) is 0 Å². The van der Waals surface area contributed by atoms with E-state index in [1.807, 2.05) is 0 Å². The van der Waals surface area contributed by atoms with Crippen LogP contribution in [0.5, 0.6) is 0 Å².